The van der Waals surface area contributed by atoms with Gasteiger partial charge in [0.1, 0.15) is 0 Å². The summed E-state index contributed by atoms with van der Waals surface area (Å²) in [7, 11) is 0. The number of aryl methyl sites for hydroxylation is 2. The van der Waals surface area contributed by atoms with Crippen LogP contribution in [0, 0.1) is 13.8 Å². The molecule has 1 heteroatoms. The Balaban J connectivity index is 0.000000145. The van der Waals surface area contributed by atoms with Gasteiger partial charge in [0.2, 0.25) is 0 Å². The van der Waals surface area contributed by atoms with Crippen LogP contribution in [0.15, 0.2) is 47.2 Å². The van der Waals surface area contributed by atoms with Crippen molar-refractivity contribution in [3.63, 3.8) is 0 Å². The van der Waals surface area contributed by atoms with Crippen molar-refractivity contribution < 1.29 is 0 Å². The first kappa shape index (κ1) is 10.0. The second kappa shape index (κ2) is 5.55. The lowest BCUT2D eigenvalue weighted by Crippen LogP contribution is -1.71. The molecule has 0 aliphatic carbocycles. The fourth-order valence-corrected chi connectivity index (χ4v) is 1.49. The number of rotatable bonds is 0. The third kappa shape index (κ3) is 4.48. The fourth-order valence-electron chi connectivity index (χ4n) is 1.03. The van der Waals surface area contributed by atoms with Crippen LogP contribution >= 0.6 is 11.3 Å². The zero-order valence-electron chi connectivity index (χ0n) is 8.03. The van der Waals surface area contributed by atoms with Gasteiger partial charge in [-0.2, -0.15) is 11.3 Å². The highest BCUT2D eigenvalue weighted by Gasteiger charge is 1.80. The quantitative estimate of drug-likeness (QED) is 0.588. The third-order valence-electron chi connectivity index (χ3n) is 1.60. The van der Waals surface area contributed by atoms with Crippen molar-refractivity contribution >= 4 is 11.3 Å². The second-order valence-electron chi connectivity index (χ2n) is 2.95. The maximum Gasteiger partial charge on any atom is -0.00934 e. The van der Waals surface area contributed by atoms with Gasteiger partial charge in [0, 0.05) is 0 Å². The van der Waals surface area contributed by atoms with Gasteiger partial charge in [-0.1, -0.05) is 47.5 Å². The van der Waals surface area contributed by atoms with Gasteiger partial charge in [0.15, 0.2) is 0 Å². The molecular formula is C12H14S. The summed E-state index contributed by atoms with van der Waals surface area (Å²) in [5.74, 6) is 0. The van der Waals surface area contributed by atoms with E-state index in [9.17, 15) is 0 Å². The van der Waals surface area contributed by atoms with E-state index in [4.69, 9.17) is 0 Å². The first-order valence-corrected chi connectivity index (χ1v) is 5.24. The van der Waals surface area contributed by atoms with Crippen molar-refractivity contribution in [3.05, 3.63) is 58.3 Å². The van der Waals surface area contributed by atoms with Crippen molar-refractivity contribution in [1.29, 1.82) is 0 Å². The third-order valence-corrected chi connectivity index (χ3v) is 2.23. The summed E-state index contributed by atoms with van der Waals surface area (Å²) in [5, 5.41) is 4.08. The first-order valence-electron chi connectivity index (χ1n) is 4.29. The molecule has 2 rings (SSSR count). The molecule has 0 bridgehead atoms. The largest absolute Gasteiger partial charge is 0.152 e. The summed E-state index contributed by atoms with van der Waals surface area (Å²) in [6, 6.07) is 12.5. The van der Waals surface area contributed by atoms with Crippen LogP contribution in [0.2, 0.25) is 0 Å². The molecule has 0 radical (unpaired) electrons. The molecule has 0 spiro atoms. The molecule has 1 aromatic heterocycles. The Labute approximate surface area is 83.9 Å². The van der Waals surface area contributed by atoms with E-state index in [1.54, 1.807) is 11.3 Å². The predicted molar refractivity (Wildman–Crippen MR) is 60.2 cm³/mol. The predicted octanol–water partition coefficient (Wildman–Crippen LogP) is 4.05. The summed E-state index contributed by atoms with van der Waals surface area (Å²) < 4.78 is 0. The molecule has 0 atom stereocenters. The Morgan fingerprint density at radius 3 is 1.62 bits per heavy atom. The van der Waals surface area contributed by atoms with Crippen molar-refractivity contribution in [1.82, 2.24) is 0 Å². The Morgan fingerprint density at radius 1 is 0.846 bits per heavy atom. The van der Waals surface area contributed by atoms with Crippen LogP contribution < -0.4 is 0 Å². The van der Waals surface area contributed by atoms with E-state index in [-0.39, 0.29) is 0 Å². The molecule has 0 N–H and O–H groups in total. The highest BCUT2D eigenvalue weighted by molar-refractivity contribution is 7.07. The minimum Gasteiger partial charge on any atom is -0.152 e. The van der Waals surface area contributed by atoms with Gasteiger partial charge in [-0.25, -0.2) is 0 Å². The van der Waals surface area contributed by atoms with Gasteiger partial charge in [-0.3, -0.25) is 0 Å². The van der Waals surface area contributed by atoms with Gasteiger partial charge < -0.3 is 0 Å². The minimum absolute atomic E-state index is 1.34. The second-order valence-corrected chi connectivity index (χ2v) is 3.77. The Bertz CT molecular complexity index is 288. The number of hydrogen-bond acceptors (Lipinski definition) is 1. The molecule has 2 aromatic rings. The van der Waals surface area contributed by atoms with E-state index in [1.807, 2.05) is 22.9 Å². The number of hydrogen-bond donors (Lipinski definition) is 0. The van der Waals surface area contributed by atoms with Crippen LogP contribution in [-0.2, 0) is 0 Å². The van der Waals surface area contributed by atoms with E-state index in [0.29, 0.717) is 0 Å². The minimum atomic E-state index is 1.34. The van der Waals surface area contributed by atoms with E-state index < -0.39 is 0 Å². The Hall–Kier alpha value is -1.08. The van der Waals surface area contributed by atoms with Crippen LogP contribution in [0.1, 0.15) is 11.1 Å². The highest BCUT2D eigenvalue weighted by atomic mass is 32.1. The SMILES string of the molecule is Cc1cccc(C)c1.c1ccsc1. The molecule has 0 aliphatic rings. The van der Waals surface area contributed by atoms with Gasteiger partial charge in [0.25, 0.3) is 0 Å². The molecule has 1 aromatic carbocycles. The topological polar surface area (TPSA) is 0 Å². The van der Waals surface area contributed by atoms with Crippen LogP contribution in [0.3, 0.4) is 0 Å². The van der Waals surface area contributed by atoms with Gasteiger partial charge >= 0.3 is 0 Å². The fraction of sp³-hybridized carbons (Fsp3) is 0.167. The molecule has 0 amide bonds. The summed E-state index contributed by atoms with van der Waals surface area (Å²) in [6.45, 7) is 4.21. The molecule has 0 saturated carbocycles. The lowest BCUT2D eigenvalue weighted by Gasteiger charge is -1.90. The molecule has 0 saturated heterocycles. The van der Waals surface area contributed by atoms with E-state index in [2.05, 4.69) is 38.1 Å². The molecule has 0 fully saturated rings. The first-order chi connectivity index (χ1) is 6.29. The van der Waals surface area contributed by atoms with E-state index in [0.717, 1.165) is 0 Å². The standard InChI is InChI=1S/C8H10.C4H4S/c1-7-4-3-5-8(2)6-7;1-2-4-5-3-1/h3-6H,1-2H3;1-4H. The Kier molecular flexibility index (Phi) is 4.27. The highest BCUT2D eigenvalue weighted by Crippen LogP contribution is 2.00. The zero-order chi connectivity index (χ0) is 9.52. The van der Waals surface area contributed by atoms with Crippen LogP contribution in [0.5, 0.6) is 0 Å². The summed E-state index contributed by atoms with van der Waals surface area (Å²) in [4.78, 5) is 0. The average Bonchev–Trinajstić information content (AvgIpc) is 2.59. The lowest BCUT2D eigenvalue weighted by molar-refractivity contribution is 1.39. The zero-order valence-corrected chi connectivity index (χ0v) is 8.84. The van der Waals surface area contributed by atoms with Crippen LogP contribution in [0.25, 0.3) is 0 Å². The molecule has 0 aliphatic heterocycles. The van der Waals surface area contributed by atoms with Gasteiger partial charge in [-0.05, 0) is 24.6 Å². The van der Waals surface area contributed by atoms with Gasteiger partial charge in [0.05, 0.1) is 0 Å². The molecule has 13 heavy (non-hydrogen) atoms. The molecule has 0 unspecified atom stereocenters. The summed E-state index contributed by atoms with van der Waals surface area (Å²) in [6.07, 6.45) is 0. The molecule has 68 valence electrons. The lowest BCUT2D eigenvalue weighted by atomic mass is 10.2. The monoisotopic (exact) mass is 190 g/mol. The molecule has 0 nitrogen and oxygen atoms in total. The van der Waals surface area contributed by atoms with Crippen molar-refractivity contribution in [2.45, 2.75) is 13.8 Å². The number of thiophene rings is 1. The average molecular weight is 190 g/mol. The number of benzene rings is 1. The van der Waals surface area contributed by atoms with Crippen LogP contribution in [0.4, 0.5) is 0 Å². The summed E-state index contributed by atoms with van der Waals surface area (Å²) in [5.41, 5.74) is 2.68. The Morgan fingerprint density at radius 2 is 1.38 bits per heavy atom. The van der Waals surface area contributed by atoms with Crippen LogP contribution in [-0.4, -0.2) is 0 Å². The molecular weight excluding hydrogens is 176 g/mol. The normalized spacial score (nSPS) is 8.77. The maximum absolute atomic E-state index is 2.17. The summed E-state index contributed by atoms with van der Waals surface area (Å²) >= 11 is 1.71. The van der Waals surface area contributed by atoms with E-state index >= 15 is 0 Å². The maximum atomic E-state index is 2.17. The smallest absolute Gasteiger partial charge is 0.00934 e. The molecule has 1 heterocycles. The van der Waals surface area contributed by atoms with E-state index in [1.165, 1.54) is 11.1 Å². The van der Waals surface area contributed by atoms with Crippen molar-refractivity contribution in [2.24, 2.45) is 0 Å². The van der Waals surface area contributed by atoms with Gasteiger partial charge in [-0.15, -0.1) is 0 Å². The van der Waals surface area contributed by atoms with Crippen molar-refractivity contribution in [2.75, 3.05) is 0 Å². The van der Waals surface area contributed by atoms with Crippen molar-refractivity contribution in [3.8, 4) is 0 Å².